The Balaban J connectivity index is 1.70. The molecule has 0 aliphatic rings. The number of rotatable bonds is 6. The van der Waals surface area contributed by atoms with Crippen LogP contribution in [0.3, 0.4) is 0 Å². The molecule has 0 spiro atoms. The van der Waals surface area contributed by atoms with Crippen molar-refractivity contribution in [3.8, 4) is 16.9 Å². The summed E-state index contributed by atoms with van der Waals surface area (Å²) >= 11 is 0.946. The van der Waals surface area contributed by atoms with Crippen LogP contribution in [0.5, 0.6) is 0 Å². The molecule has 6 nitrogen and oxygen atoms in total. The minimum atomic E-state index is -3.43. The number of nitrogens with zero attached hydrogens (tertiary/aromatic N) is 2. The number of para-hydroxylation sites is 2. The molecule has 0 fully saturated rings. The van der Waals surface area contributed by atoms with E-state index in [9.17, 15) is 8.42 Å². The van der Waals surface area contributed by atoms with E-state index in [0.717, 1.165) is 28.8 Å². The van der Waals surface area contributed by atoms with Crippen LogP contribution in [-0.4, -0.2) is 31.3 Å². The summed E-state index contributed by atoms with van der Waals surface area (Å²) in [6.45, 7) is 0. The van der Waals surface area contributed by atoms with Gasteiger partial charge in [0.25, 0.3) is 0 Å². The zero-order valence-electron chi connectivity index (χ0n) is 17.9. The summed E-state index contributed by atoms with van der Waals surface area (Å²) < 4.78 is 31.7. The zero-order valence-corrected chi connectivity index (χ0v) is 19.6. The van der Waals surface area contributed by atoms with Gasteiger partial charge in [0.15, 0.2) is 9.84 Å². The van der Waals surface area contributed by atoms with Crippen LogP contribution < -0.4 is 0 Å². The average molecular weight is 477 g/mol. The first-order valence-electron chi connectivity index (χ1n) is 10.1. The first-order valence-corrected chi connectivity index (χ1v) is 12.8. The van der Waals surface area contributed by atoms with E-state index in [2.05, 4.69) is 38.7 Å². The third-order valence-electron chi connectivity index (χ3n) is 5.38. The first-order chi connectivity index (χ1) is 16.0. The minimum Gasteiger partial charge on any atom is -0.309 e. The maximum absolute atomic E-state index is 12.3. The number of sulfone groups is 1. The van der Waals surface area contributed by atoms with Crippen molar-refractivity contribution in [1.29, 1.82) is 0 Å². The molecule has 8 heteroatoms. The van der Waals surface area contributed by atoms with Crippen molar-refractivity contribution < 1.29 is 17.6 Å². The molecule has 5 rings (SSSR count). The first kappa shape index (κ1) is 21.7. The highest BCUT2D eigenvalue weighted by Crippen LogP contribution is 2.34. The molecule has 166 valence electrons. The van der Waals surface area contributed by atoms with Crippen LogP contribution in [0.15, 0.2) is 94.9 Å². The van der Waals surface area contributed by atoms with Gasteiger partial charge in [-0.25, -0.2) is 13.3 Å². The van der Waals surface area contributed by atoms with E-state index in [0.29, 0.717) is 16.2 Å². The standard InChI is InChI=1S/C25H20N2O4S2/c1-30-31-32-19-13-17(14-20(16-19)33(2,28)29)23-15-18(11-12-26-23)27-24-9-5-3-7-21(24)22-8-4-6-10-25(22)27/h3-16H,1-2H3. The lowest BCUT2D eigenvalue weighted by Gasteiger charge is -2.11. The van der Waals surface area contributed by atoms with Crippen molar-refractivity contribution in [3.63, 3.8) is 0 Å². The smallest absolute Gasteiger partial charge is 0.175 e. The summed E-state index contributed by atoms with van der Waals surface area (Å²) in [6.07, 6.45) is 2.92. The lowest BCUT2D eigenvalue weighted by atomic mass is 10.1. The molecule has 0 saturated heterocycles. The fraction of sp³-hybridized carbons (Fsp3) is 0.0800. The molecule has 0 atom stereocenters. The Morgan fingerprint density at radius 3 is 2.18 bits per heavy atom. The van der Waals surface area contributed by atoms with Crippen molar-refractivity contribution in [2.75, 3.05) is 13.4 Å². The fourth-order valence-electron chi connectivity index (χ4n) is 3.97. The van der Waals surface area contributed by atoms with Crippen LogP contribution in [0.2, 0.25) is 0 Å². The predicted molar refractivity (Wildman–Crippen MR) is 131 cm³/mol. The monoisotopic (exact) mass is 476 g/mol. The summed E-state index contributed by atoms with van der Waals surface area (Å²) in [7, 11) is -2.04. The minimum absolute atomic E-state index is 0.186. The quantitative estimate of drug-likeness (QED) is 0.174. The van der Waals surface area contributed by atoms with Crippen LogP contribution in [0.25, 0.3) is 38.8 Å². The maximum Gasteiger partial charge on any atom is 0.175 e. The Kier molecular flexibility index (Phi) is 5.67. The Bertz CT molecular complexity index is 1540. The molecular weight excluding hydrogens is 456 g/mol. The molecule has 33 heavy (non-hydrogen) atoms. The Morgan fingerprint density at radius 2 is 1.55 bits per heavy atom. The largest absolute Gasteiger partial charge is 0.309 e. The molecule has 0 bridgehead atoms. The molecular formula is C25H20N2O4S2. The number of fused-ring (bicyclic) bond motifs is 3. The van der Waals surface area contributed by atoms with Gasteiger partial charge in [0.2, 0.25) is 0 Å². The Labute approximate surface area is 195 Å². The molecule has 0 N–H and O–H groups in total. The van der Waals surface area contributed by atoms with E-state index in [1.165, 1.54) is 24.1 Å². The number of hydrogen-bond acceptors (Lipinski definition) is 6. The highest BCUT2D eigenvalue weighted by Gasteiger charge is 2.15. The fourth-order valence-corrected chi connectivity index (χ4v) is 5.23. The number of benzene rings is 3. The molecule has 0 aliphatic heterocycles. The van der Waals surface area contributed by atoms with Crippen molar-refractivity contribution in [2.24, 2.45) is 0 Å². The number of hydrogen-bond donors (Lipinski definition) is 0. The lowest BCUT2D eigenvalue weighted by Crippen LogP contribution is -1.99. The second-order valence-corrected chi connectivity index (χ2v) is 10.3. The van der Waals surface area contributed by atoms with E-state index in [4.69, 9.17) is 4.33 Å². The number of aromatic nitrogens is 2. The molecule has 0 radical (unpaired) electrons. The molecule has 0 amide bonds. The summed E-state index contributed by atoms with van der Waals surface area (Å²) in [5.74, 6) is 0. The lowest BCUT2D eigenvalue weighted by molar-refractivity contribution is -0.160. The summed E-state index contributed by atoms with van der Waals surface area (Å²) in [6, 6.07) is 25.5. The van der Waals surface area contributed by atoms with Crippen LogP contribution in [0.4, 0.5) is 0 Å². The average Bonchev–Trinajstić information content (AvgIpc) is 3.16. The molecule has 2 aromatic heterocycles. The molecule has 5 aromatic rings. The van der Waals surface area contributed by atoms with Crippen molar-refractivity contribution in [2.45, 2.75) is 9.79 Å². The maximum atomic E-state index is 12.3. The zero-order chi connectivity index (χ0) is 23.0. The van der Waals surface area contributed by atoms with Gasteiger partial charge < -0.3 is 4.57 Å². The van der Waals surface area contributed by atoms with E-state index in [1.807, 2.05) is 42.5 Å². The van der Waals surface area contributed by atoms with Gasteiger partial charge in [-0.05, 0) is 42.5 Å². The second kappa shape index (κ2) is 8.64. The summed E-state index contributed by atoms with van der Waals surface area (Å²) in [5, 5.41) is 2.34. The van der Waals surface area contributed by atoms with Crippen LogP contribution in [-0.2, 0) is 19.1 Å². The molecule has 0 saturated carbocycles. The third-order valence-corrected chi connectivity index (χ3v) is 7.11. The predicted octanol–water partition coefficient (Wildman–Crippen LogP) is 5.83. The van der Waals surface area contributed by atoms with Gasteiger partial charge in [0.05, 0.1) is 40.8 Å². The van der Waals surface area contributed by atoms with Gasteiger partial charge in [0, 0.05) is 39.4 Å². The summed E-state index contributed by atoms with van der Waals surface area (Å²) in [5.41, 5.74) is 4.43. The normalized spacial score (nSPS) is 11.9. The molecule has 2 heterocycles. The number of pyridine rings is 1. The van der Waals surface area contributed by atoms with E-state index < -0.39 is 9.84 Å². The van der Waals surface area contributed by atoms with Gasteiger partial charge >= 0.3 is 0 Å². The van der Waals surface area contributed by atoms with Crippen molar-refractivity contribution in [1.82, 2.24) is 9.55 Å². The van der Waals surface area contributed by atoms with Crippen molar-refractivity contribution in [3.05, 3.63) is 85.1 Å². The van der Waals surface area contributed by atoms with Gasteiger partial charge in [-0.1, -0.05) is 36.4 Å². The van der Waals surface area contributed by atoms with E-state index in [1.54, 1.807) is 18.3 Å². The van der Waals surface area contributed by atoms with E-state index >= 15 is 0 Å². The Morgan fingerprint density at radius 1 is 0.879 bits per heavy atom. The van der Waals surface area contributed by atoms with Crippen LogP contribution in [0.1, 0.15) is 0 Å². The highest BCUT2D eigenvalue weighted by molar-refractivity contribution is 7.94. The Hall–Kier alpha value is -3.17. The summed E-state index contributed by atoms with van der Waals surface area (Å²) in [4.78, 5) is 9.98. The van der Waals surface area contributed by atoms with Gasteiger partial charge in [-0.15, -0.1) is 0 Å². The van der Waals surface area contributed by atoms with Gasteiger partial charge in [0.1, 0.15) is 0 Å². The van der Waals surface area contributed by atoms with E-state index in [-0.39, 0.29) is 4.90 Å². The molecule has 0 aliphatic carbocycles. The van der Waals surface area contributed by atoms with Crippen molar-refractivity contribution >= 4 is 43.7 Å². The van der Waals surface area contributed by atoms with Crippen LogP contribution in [0, 0.1) is 0 Å². The van der Waals surface area contributed by atoms with Gasteiger partial charge in [-0.2, -0.15) is 4.33 Å². The van der Waals surface area contributed by atoms with Crippen LogP contribution >= 0.6 is 12.0 Å². The molecule has 3 aromatic carbocycles. The highest BCUT2D eigenvalue weighted by atomic mass is 32.2. The van der Waals surface area contributed by atoms with Gasteiger partial charge in [-0.3, -0.25) is 4.98 Å². The third kappa shape index (κ3) is 4.14. The second-order valence-electron chi connectivity index (χ2n) is 7.55. The molecule has 0 unspecified atom stereocenters. The SMILES string of the molecule is COOSc1cc(-c2cc(-n3c4ccccc4c4ccccc43)ccn2)cc(S(C)(=O)=O)c1. The topological polar surface area (TPSA) is 70.4 Å².